The van der Waals surface area contributed by atoms with E-state index >= 15 is 0 Å². The number of carbonyl (C=O) groups is 1. The van der Waals surface area contributed by atoms with Gasteiger partial charge in [-0.15, -0.1) is 0 Å². The maximum absolute atomic E-state index is 11.3. The zero-order valence-corrected chi connectivity index (χ0v) is 12.8. The molecule has 2 rings (SSSR count). The van der Waals surface area contributed by atoms with Gasteiger partial charge >= 0.3 is 0 Å². The molecule has 1 aromatic carbocycles. The smallest absolute Gasteiger partial charge is 0.260 e. The minimum atomic E-state index is -0.513. The van der Waals surface area contributed by atoms with Crippen molar-refractivity contribution in [1.29, 1.82) is 0 Å². The van der Waals surface area contributed by atoms with E-state index in [1.54, 1.807) is 6.21 Å². The number of alkyl halides is 1. The number of hydrogen-bond acceptors (Lipinski definition) is 4. The van der Waals surface area contributed by atoms with Crippen molar-refractivity contribution in [1.82, 2.24) is 5.43 Å². The third kappa shape index (κ3) is 3.60. The van der Waals surface area contributed by atoms with Gasteiger partial charge in [0.05, 0.1) is 12.4 Å². The molecule has 1 unspecified atom stereocenters. The fraction of sp³-hybridized carbons (Fsp3) is 0.286. The van der Waals surface area contributed by atoms with Gasteiger partial charge in [0.1, 0.15) is 10.5 Å². The van der Waals surface area contributed by atoms with E-state index in [4.69, 9.17) is 0 Å². The Morgan fingerprint density at radius 2 is 2.05 bits per heavy atom. The van der Waals surface area contributed by atoms with Crippen LogP contribution in [0.2, 0.25) is 0 Å². The number of rotatable bonds is 3. The van der Waals surface area contributed by atoms with Gasteiger partial charge < -0.3 is 0 Å². The van der Waals surface area contributed by atoms with Gasteiger partial charge in [-0.05, 0) is 17.0 Å². The lowest BCUT2D eigenvalue weighted by Crippen LogP contribution is -2.38. The average molecular weight is 335 g/mol. The molecule has 1 aliphatic rings. The molecule has 0 radical (unpaired) electrons. The zero-order valence-electron chi connectivity index (χ0n) is 11.2. The normalized spacial score (nSPS) is 20.9. The van der Waals surface area contributed by atoms with E-state index in [2.05, 4.69) is 62.6 Å². The molecule has 5 nitrogen and oxygen atoms in total. The molecule has 1 N–H and O–H groups in total. The van der Waals surface area contributed by atoms with Gasteiger partial charge in [-0.1, -0.05) is 54.0 Å². The van der Waals surface area contributed by atoms with Crippen molar-refractivity contribution in [2.45, 2.75) is 24.6 Å². The van der Waals surface area contributed by atoms with Crippen molar-refractivity contribution in [3.05, 3.63) is 35.4 Å². The molecule has 6 heteroatoms. The predicted molar refractivity (Wildman–Crippen MR) is 84.9 cm³/mol. The van der Waals surface area contributed by atoms with Gasteiger partial charge in [-0.3, -0.25) is 4.79 Å². The zero-order chi connectivity index (χ0) is 14.5. The lowest BCUT2D eigenvalue weighted by Gasteiger charge is -2.10. The number of carbonyl (C=O) groups excluding carboxylic acids is 1. The lowest BCUT2D eigenvalue weighted by atomic mass is 10.0. The van der Waals surface area contributed by atoms with Gasteiger partial charge in [0.25, 0.3) is 5.91 Å². The molecule has 20 heavy (non-hydrogen) atoms. The average Bonchev–Trinajstić information content (AvgIpc) is 2.44. The summed E-state index contributed by atoms with van der Waals surface area (Å²) in [7, 11) is 0. The molecule has 0 bridgehead atoms. The fourth-order valence-corrected chi connectivity index (χ4v) is 1.94. The number of halogens is 1. The van der Waals surface area contributed by atoms with Crippen molar-refractivity contribution in [2.24, 2.45) is 15.3 Å². The second kappa shape index (κ2) is 6.56. The Bertz CT molecular complexity index is 575. The molecule has 104 valence electrons. The quantitative estimate of drug-likeness (QED) is 0.515. The number of amides is 1. The maximum atomic E-state index is 11.3. The van der Waals surface area contributed by atoms with Crippen LogP contribution in [0.4, 0.5) is 0 Å². The van der Waals surface area contributed by atoms with Gasteiger partial charge in [0.2, 0.25) is 0 Å². The van der Waals surface area contributed by atoms with Crippen LogP contribution in [0.3, 0.4) is 0 Å². The largest absolute Gasteiger partial charge is 0.271 e. The highest BCUT2D eigenvalue weighted by atomic mass is 79.9. The van der Waals surface area contributed by atoms with Crippen LogP contribution in [0.1, 0.15) is 30.9 Å². The monoisotopic (exact) mass is 334 g/mol. The molecular weight excluding hydrogens is 320 g/mol. The number of nitrogens with one attached hydrogen (secondary N) is 1. The molecule has 1 aliphatic heterocycles. The molecule has 0 saturated carbocycles. The molecule has 1 atom stereocenters. The van der Waals surface area contributed by atoms with E-state index in [1.165, 1.54) is 11.8 Å². The van der Waals surface area contributed by atoms with Crippen LogP contribution >= 0.6 is 15.9 Å². The van der Waals surface area contributed by atoms with Crippen molar-refractivity contribution in [3.8, 4) is 0 Å². The van der Waals surface area contributed by atoms with E-state index in [0.29, 0.717) is 11.6 Å². The number of hydrazone groups is 1. The van der Waals surface area contributed by atoms with Gasteiger partial charge in [0, 0.05) is 0 Å². The third-order valence-corrected chi connectivity index (χ3v) is 3.73. The van der Waals surface area contributed by atoms with Gasteiger partial charge in [0.15, 0.2) is 0 Å². The van der Waals surface area contributed by atoms with Crippen LogP contribution in [0.25, 0.3) is 0 Å². The molecule has 0 spiro atoms. The lowest BCUT2D eigenvalue weighted by molar-refractivity contribution is -0.119. The highest BCUT2D eigenvalue weighted by Gasteiger charge is 2.23. The van der Waals surface area contributed by atoms with Crippen LogP contribution in [-0.4, -0.2) is 28.9 Å². The molecular formula is C14H15BrN4O. The molecule has 0 saturated heterocycles. The summed E-state index contributed by atoms with van der Waals surface area (Å²) in [4.78, 5) is 10.8. The van der Waals surface area contributed by atoms with Crippen LogP contribution in [0.15, 0.2) is 39.6 Å². The summed E-state index contributed by atoms with van der Waals surface area (Å²) >= 11 is 3.22. The minimum Gasteiger partial charge on any atom is -0.271 e. The van der Waals surface area contributed by atoms with Crippen LogP contribution < -0.4 is 5.43 Å². The van der Waals surface area contributed by atoms with E-state index in [0.717, 1.165) is 5.56 Å². The van der Waals surface area contributed by atoms with Crippen molar-refractivity contribution >= 4 is 40.0 Å². The fourth-order valence-electron chi connectivity index (χ4n) is 1.62. The standard InChI is InChI=1S/C14H15BrN4O/c1-9(2)11-5-3-10(4-6-11)7-16-18-12-8-17-19-14(20)13(12)15/h3-9,13H,1-2H3,(H,19,20)/b16-7-,18-12-. The number of hydrogen-bond donors (Lipinski definition) is 1. The Balaban J connectivity index is 2.08. The molecule has 0 aromatic heterocycles. The SMILES string of the molecule is CC(C)c1ccc(/C=N\N=C2\C=NNC(=O)C2Br)cc1. The second-order valence-electron chi connectivity index (χ2n) is 4.69. The highest BCUT2D eigenvalue weighted by molar-refractivity contribution is 9.10. The topological polar surface area (TPSA) is 66.2 Å². The summed E-state index contributed by atoms with van der Waals surface area (Å²) in [6.07, 6.45) is 3.12. The highest BCUT2D eigenvalue weighted by Crippen LogP contribution is 2.14. The molecule has 1 heterocycles. The maximum Gasteiger partial charge on any atom is 0.260 e. The molecule has 1 aromatic rings. The Morgan fingerprint density at radius 1 is 1.35 bits per heavy atom. The third-order valence-electron chi connectivity index (χ3n) is 2.84. The van der Waals surface area contributed by atoms with E-state index < -0.39 is 4.83 Å². The Hall–Kier alpha value is -1.82. The summed E-state index contributed by atoms with van der Waals surface area (Å²) in [6, 6.07) is 8.13. The van der Waals surface area contributed by atoms with E-state index in [-0.39, 0.29) is 5.91 Å². The first-order chi connectivity index (χ1) is 9.58. The Labute approximate surface area is 126 Å². The van der Waals surface area contributed by atoms with E-state index in [1.807, 2.05) is 12.1 Å². The van der Waals surface area contributed by atoms with Crippen LogP contribution in [-0.2, 0) is 4.79 Å². The first-order valence-corrected chi connectivity index (χ1v) is 7.17. The summed E-state index contributed by atoms with van der Waals surface area (Å²) in [5.41, 5.74) is 5.06. The van der Waals surface area contributed by atoms with E-state index in [9.17, 15) is 4.79 Å². The first-order valence-electron chi connectivity index (χ1n) is 6.26. The van der Waals surface area contributed by atoms with Crippen molar-refractivity contribution in [3.63, 3.8) is 0 Å². The summed E-state index contributed by atoms with van der Waals surface area (Å²) in [6.45, 7) is 4.30. The second-order valence-corrected chi connectivity index (χ2v) is 5.60. The number of nitrogens with zero attached hydrogens (tertiary/aromatic N) is 3. The molecule has 0 fully saturated rings. The molecule has 0 aliphatic carbocycles. The van der Waals surface area contributed by atoms with Crippen molar-refractivity contribution in [2.75, 3.05) is 0 Å². The first kappa shape index (κ1) is 14.6. The Kier molecular flexibility index (Phi) is 4.79. The predicted octanol–water partition coefficient (Wildman–Crippen LogP) is 2.46. The van der Waals surface area contributed by atoms with Crippen molar-refractivity contribution < 1.29 is 4.79 Å². The van der Waals surface area contributed by atoms with Crippen LogP contribution in [0.5, 0.6) is 0 Å². The summed E-state index contributed by atoms with van der Waals surface area (Å²) in [5.74, 6) is 0.259. The number of benzene rings is 1. The summed E-state index contributed by atoms with van der Waals surface area (Å²) < 4.78 is 0. The van der Waals surface area contributed by atoms with Gasteiger partial charge in [-0.25, -0.2) is 5.43 Å². The van der Waals surface area contributed by atoms with Gasteiger partial charge in [-0.2, -0.15) is 15.3 Å². The minimum absolute atomic E-state index is 0.247. The van der Waals surface area contributed by atoms with Crippen LogP contribution in [0, 0.1) is 0 Å². The Morgan fingerprint density at radius 3 is 2.70 bits per heavy atom. The molecule has 1 amide bonds. The summed E-state index contributed by atoms with van der Waals surface area (Å²) in [5, 5.41) is 11.7.